The molecule has 3 rings (SSSR count). The lowest BCUT2D eigenvalue weighted by molar-refractivity contribution is -0.154. The van der Waals surface area contributed by atoms with E-state index in [-0.39, 0.29) is 11.6 Å². The fourth-order valence-electron chi connectivity index (χ4n) is 3.68. The summed E-state index contributed by atoms with van der Waals surface area (Å²) in [5.74, 6) is -1.34. The summed E-state index contributed by atoms with van der Waals surface area (Å²) in [6.07, 6.45) is -3.02. The monoisotopic (exact) mass is 394 g/mol. The van der Waals surface area contributed by atoms with Crippen LogP contribution in [0.1, 0.15) is 37.3 Å². The molecule has 1 atom stereocenters. The Bertz CT molecular complexity index is 856. The largest absolute Gasteiger partial charge is 0.481 e. The molecule has 0 heterocycles. The third kappa shape index (κ3) is 4.55. The first kappa shape index (κ1) is 20.0. The maximum Gasteiger partial charge on any atom is 0.412 e. The van der Waals surface area contributed by atoms with E-state index in [0.717, 1.165) is 0 Å². The number of halogens is 3. The molecule has 2 amide bonds. The van der Waals surface area contributed by atoms with Crippen LogP contribution in [-0.4, -0.2) is 29.3 Å². The Morgan fingerprint density at radius 2 is 1.64 bits per heavy atom. The number of alkyl halides is 3. The van der Waals surface area contributed by atoms with Crippen LogP contribution in [0.4, 0.5) is 18.0 Å². The van der Waals surface area contributed by atoms with Crippen molar-refractivity contribution in [3.63, 3.8) is 0 Å². The molecule has 0 aromatic heterocycles. The minimum atomic E-state index is -4.66. The van der Waals surface area contributed by atoms with Gasteiger partial charge in [-0.2, -0.15) is 13.2 Å². The zero-order chi connectivity index (χ0) is 20.3. The molecule has 1 fully saturated rings. The Morgan fingerprint density at radius 1 is 1.00 bits per heavy atom. The van der Waals surface area contributed by atoms with Crippen LogP contribution in [0.15, 0.2) is 42.5 Å². The smallest absolute Gasteiger partial charge is 0.412 e. The minimum Gasteiger partial charge on any atom is -0.481 e. The van der Waals surface area contributed by atoms with Crippen molar-refractivity contribution in [3.05, 3.63) is 48.0 Å². The molecule has 1 unspecified atom stereocenters. The molecule has 0 radical (unpaired) electrons. The summed E-state index contributed by atoms with van der Waals surface area (Å²) in [6, 6.07) is 7.92. The van der Waals surface area contributed by atoms with Gasteiger partial charge in [0.25, 0.3) is 0 Å². The fraction of sp³-hybridized carbons (Fsp3) is 0.400. The maximum atomic E-state index is 13.7. The van der Waals surface area contributed by atoms with Gasteiger partial charge in [0.15, 0.2) is 6.04 Å². The summed E-state index contributed by atoms with van der Waals surface area (Å²) in [6.45, 7) is 0. The molecule has 1 aliphatic rings. The summed E-state index contributed by atoms with van der Waals surface area (Å²) < 4.78 is 41.1. The van der Waals surface area contributed by atoms with Gasteiger partial charge in [0, 0.05) is 6.04 Å². The predicted octanol–water partition coefficient (Wildman–Crippen LogP) is 4.39. The Labute approximate surface area is 159 Å². The van der Waals surface area contributed by atoms with Crippen molar-refractivity contribution in [2.45, 2.75) is 43.9 Å². The normalized spacial score (nSPS) is 21.1. The number of hydrogen-bond donors (Lipinski definition) is 3. The highest BCUT2D eigenvalue weighted by Crippen LogP contribution is 2.36. The van der Waals surface area contributed by atoms with E-state index in [1.165, 1.54) is 12.1 Å². The van der Waals surface area contributed by atoms with Crippen LogP contribution in [0.3, 0.4) is 0 Å². The minimum absolute atomic E-state index is 0.0182. The van der Waals surface area contributed by atoms with E-state index in [1.807, 2.05) is 0 Å². The van der Waals surface area contributed by atoms with E-state index in [9.17, 15) is 22.8 Å². The molecule has 0 saturated heterocycles. The highest BCUT2D eigenvalue weighted by Gasteiger charge is 2.43. The molecule has 150 valence electrons. The van der Waals surface area contributed by atoms with E-state index in [4.69, 9.17) is 5.11 Å². The number of rotatable bonds is 4. The summed E-state index contributed by atoms with van der Waals surface area (Å²) in [5, 5.41) is 14.7. The Morgan fingerprint density at radius 3 is 2.29 bits per heavy atom. The second-order valence-corrected chi connectivity index (χ2v) is 7.05. The van der Waals surface area contributed by atoms with Gasteiger partial charge in [-0.3, -0.25) is 4.79 Å². The van der Waals surface area contributed by atoms with E-state index in [0.29, 0.717) is 36.5 Å². The maximum absolute atomic E-state index is 13.7. The molecule has 1 saturated carbocycles. The van der Waals surface area contributed by atoms with Crippen LogP contribution in [0.5, 0.6) is 0 Å². The van der Waals surface area contributed by atoms with Crippen LogP contribution in [0, 0.1) is 5.92 Å². The van der Waals surface area contributed by atoms with Crippen molar-refractivity contribution in [2.24, 2.45) is 5.92 Å². The summed E-state index contributed by atoms with van der Waals surface area (Å²) in [5.41, 5.74) is -0.0182. The van der Waals surface area contributed by atoms with Gasteiger partial charge in [0.1, 0.15) is 0 Å². The number of carboxylic acid groups (broad SMARTS) is 1. The molecule has 1 aliphatic carbocycles. The van der Waals surface area contributed by atoms with Crippen molar-refractivity contribution in [3.8, 4) is 0 Å². The molecule has 8 heteroatoms. The van der Waals surface area contributed by atoms with Crippen LogP contribution in [0.2, 0.25) is 0 Å². The van der Waals surface area contributed by atoms with Gasteiger partial charge in [-0.25, -0.2) is 4.79 Å². The van der Waals surface area contributed by atoms with E-state index < -0.39 is 30.1 Å². The Hall–Kier alpha value is -2.77. The second kappa shape index (κ2) is 8.08. The quantitative estimate of drug-likeness (QED) is 0.720. The van der Waals surface area contributed by atoms with Crippen LogP contribution < -0.4 is 10.6 Å². The molecule has 2 aromatic rings. The van der Waals surface area contributed by atoms with Gasteiger partial charge in [0.2, 0.25) is 0 Å². The third-order valence-electron chi connectivity index (χ3n) is 5.15. The SMILES string of the molecule is O=C(NC1CCC(C(=O)O)CC1)NC(c1cccc2ccccc12)C(F)(F)F. The number of carbonyl (C=O) groups is 2. The zero-order valence-corrected chi connectivity index (χ0v) is 15.0. The second-order valence-electron chi connectivity index (χ2n) is 7.05. The number of aliphatic carboxylic acids is 1. The van der Waals surface area contributed by atoms with E-state index in [2.05, 4.69) is 10.6 Å². The third-order valence-corrected chi connectivity index (χ3v) is 5.15. The molecular weight excluding hydrogens is 373 g/mol. The Balaban J connectivity index is 1.73. The van der Waals surface area contributed by atoms with Crippen molar-refractivity contribution >= 4 is 22.8 Å². The number of fused-ring (bicyclic) bond motifs is 1. The number of amides is 2. The molecule has 3 N–H and O–H groups in total. The molecule has 0 aliphatic heterocycles. The number of hydrogen-bond acceptors (Lipinski definition) is 2. The summed E-state index contributed by atoms with van der Waals surface area (Å²) >= 11 is 0. The average molecular weight is 394 g/mol. The molecule has 0 spiro atoms. The number of carboxylic acids is 1. The van der Waals surface area contributed by atoms with Crippen molar-refractivity contribution in [2.75, 3.05) is 0 Å². The molecule has 0 bridgehead atoms. The lowest BCUT2D eigenvalue weighted by atomic mass is 9.86. The zero-order valence-electron chi connectivity index (χ0n) is 15.0. The van der Waals surface area contributed by atoms with Crippen LogP contribution >= 0.6 is 0 Å². The average Bonchev–Trinajstić information content (AvgIpc) is 2.65. The lowest BCUT2D eigenvalue weighted by Crippen LogP contribution is -2.48. The van der Waals surface area contributed by atoms with Gasteiger partial charge in [0.05, 0.1) is 5.92 Å². The first-order chi connectivity index (χ1) is 13.3. The van der Waals surface area contributed by atoms with Gasteiger partial charge in [-0.15, -0.1) is 0 Å². The summed E-state index contributed by atoms with van der Waals surface area (Å²) in [4.78, 5) is 23.2. The van der Waals surface area contributed by atoms with Gasteiger partial charge >= 0.3 is 18.2 Å². The summed E-state index contributed by atoms with van der Waals surface area (Å²) in [7, 11) is 0. The number of benzene rings is 2. The van der Waals surface area contributed by atoms with Gasteiger partial charge < -0.3 is 15.7 Å². The van der Waals surface area contributed by atoms with E-state index >= 15 is 0 Å². The number of urea groups is 1. The van der Waals surface area contributed by atoms with Gasteiger partial charge in [-0.1, -0.05) is 42.5 Å². The number of carbonyl (C=O) groups excluding carboxylic acids is 1. The molecule has 2 aromatic carbocycles. The highest BCUT2D eigenvalue weighted by atomic mass is 19.4. The van der Waals surface area contributed by atoms with Crippen molar-refractivity contribution < 1.29 is 27.9 Å². The van der Waals surface area contributed by atoms with Gasteiger partial charge in [-0.05, 0) is 42.0 Å². The Kier molecular flexibility index (Phi) is 5.76. The predicted molar refractivity (Wildman–Crippen MR) is 97.8 cm³/mol. The molecule has 5 nitrogen and oxygen atoms in total. The van der Waals surface area contributed by atoms with Crippen molar-refractivity contribution in [1.82, 2.24) is 10.6 Å². The fourth-order valence-corrected chi connectivity index (χ4v) is 3.68. The molecular formula is C20H21F3N2O3. The van der Waals surface area contributed by atoms with Crippen LogP contribution in [-0.2, 0) is 4.79 Å². The number of nitrogens with one attached hydrogen (secondary N) is 2. The molecule has 28 heavy (non-hydrogen) atoms. The first-order valence-electron chi connectivity index (χ1n) is 9.10. The lowest BCUT2D eigenvalue weighted by Gasteiger charge is -2.29. The highest BCUT2D eigenvalue weighted by molar-refractivity contribution is 5.87. The van der Waals surface area contributed by atoms with Crippen LogP contribution in [0.25, 0.3) is 10.8 Å². The van der Waals surface area contributed by atoms with Crippen molar-refractivity contribution in [1.29, 1.82) is 0 Å². The standard InChI is InChI=1S/C20H21F3N2O3/c21-20(22,23)17(16-7-3-5-12-4-1-2-6-15(12)16)25-19(28)24-14-10-8-13(9-11-14)18(26)27/h1-7,13-14,17H,8-11H2,(H,26,27)(H2,24,25,28). The topological polar surface area (TPSA) is 78.4 Å². The first-order valence-corrected chi connectivity index (χ1v) is 9.10. The van der Waals surface area contributed by atoms with E-state index in [1.54, 1.807) is 30.3 Å².